The Hall–Kier alpha value is -2.25. The topological polar surface area (TPSA) is 66.5 Å². The molecule has 138 valence electrons. The maximum atomic E-state index is 12.9. The van der Waals surface area contributed by atoms with Crippen LogP contribution in [0, 0.1) is 5.82 Å². The molecule has 1 fully saturated rings. The molecule has 1 aliphatic rings. The van der Waals surface area contributed by atoms with Gasteiger partial charge in [0.15, 0.2) is 0 Å². The molecule has 3 rings (SSSR count). The molecule has 0 unspecified atom stereocenters. The Bertz CT molecular complexity index is 859. The Morgan fingerprint density at radius 1 is 0.962 bits per heavy atom. The van der Waals surface area contributed by atoms with Crippen LogP contribution < -0.4 is 5.32 Å². The summed E-state index contributed by atoms with van der Waals surface area (Å²) in [6, 6.07) is 12.5. The lowest BCUT2D eigenvalue weighted by molar-refractivity contribution is 0.0951. The first kappa shape index (κ1) is 18.5. The molecular formula is C19H21FN2O3S. The van der Waals surface area contributed by atoms with Gasteiger partial charge in [-0.05, 0) is 48.2 Å². The van der Waals surface area contributed by atoms with Crippen LogP contribution in [0.1, 0.15) is 34.3 Å². The summed E-state index contributed by atoms with van der Waals surface area (Å²) >= 11 is 0. The zero-order chi connectivity index (χ0) is 18.6. The molecule has 7 heteroatoms. The second kappa shape index (κ2) is 7.97. The summed E-state index contributed by atoms with van der Waals surface area (Å²) in [7, 11) is -3.29. The van der Waals surface area contributed by atoms with E-state index >= 15 is 0 Å². The van der Waals surface area contributed by atoms with Crippen molar-refractivity contribution in [3.05, 3.63) is 71.0 Å². The molecule has 0 saturated carbocycles. The molecule has 0 bridgehead atoms. The zero-order valence-corrected chi connectivity index (χ0v) is 15.1. The van der Waals surface area contributed by atoms with Crippen molar-refractivity contribution in [2.75, 3.05) is 13.1 Å². The van der Waals surface area contributed by atoms with Gasteiger partial charge in [-0.1, -0.05) is 24.3 Å². The fraction of sp³-hybridized carbons (Fsp3) is 0.316. The highest BCUT2D eigenvalue weighted by Crippen LogP contribution is 2.17. The van der Waals surface area contributed by atoms with Crippen molar-refractivity contribution in [2.24, 2.45) is 0 Å². The fourth-order valence-corrected chi connectivity index (χ4v) is 4.52. The predicted molar refractivity (Wildman–Crippen MR) is 97.4 cm³/mol. The standard InChI is InChI=1S/C19H21FN2O3S/c20-18-9-5-15(6-10-18)13-21-19(23)17-7-3-16(4-8-17)14-26(24,25)22-11-1-2-12-22/h3-10H,1-2,11-14H2,(H,21,23). The minimum absolute atomic E-state index is 0.0511. The third-order valence-corrected chi connectivity index (χ3v) is 6.24. The molecule has 1 saturated heterocycles. The van der Waals surface area contributed by atoms with E-state index in [1.54, 1.807) is 36.4 Å². The number of carbonyl (C=O) groups excluding carboxylic acids is 1. The van der Waals surface area contributed by atoms with Gasteiger partial charge in [-0.3, -0.25) is 4.79 Å². The monoisotopic (exact) mass is 376 g/mol. The van der Waals surface area contributed by atoms with Gasteiger partial charge in [-0.25, -0.2) is 17.1 Å². The third-order valence-electron chi connectivity index (χ3n) is 4.39. The summed E-state index contributed by atoms with van der Waals surface area (Å²) in [5.41, 5.74) is 1.91. The van der Waals surface area contributed by atoms with Gasteiger partial charge in [0.05, 0.1) is 5.75 Å². The van der Waals surface area contributed by atoms with E-state index in [0.717, 1.165) is 18.4 Å². The van der Waals surface area contributed by atoms with E-state index in [0.29, 0.717) is 30.8 Å². The van der Waals surface area contributed by atoms with E-state index in [-0.39, 0.29) is 17.5 Å². The number of carbonyl (C=O) groups is 1. The number of rotatable bonds is 6. The van der Waals surface area contributed by atoms with Crippen molar-refractivity contribution in [3.8, 4) is 0 Å². The van der Waals surface area contributed by atoms with Crippen LogP contribution in [0.5, 0.6) is 0 Å². The zero-order valence-electron chi connectivity index (χ0n) is 14.3. The van der Waals surface area contributed by atoms with E-state index in [4.69, 9.17) is 0 Å². The molecule has 0 aliphatic carbocycles. The maximum absolute atomic E-state index is 12.9. The van der Waals surface area contributed by atoms with Crippen molar-refractivity contribution in [1.29, 1.82) is 0 Å². The number of halogens is 1. The quantitative estimate of drug-likeness (QED) is 0.843. The molecule has 5 nitrogen and oxygen atoms in total. The molecule has 1 N–H and O–H groups in total. The summed E-state index contributed by atoms with van der Waals surface area (Å²) in [4.78, 5) is 12.2. The lowest BCUT2D eigenvalue weighted by Crippen LogP contribution is -2.29. The number of sulfonamides is 1. The van der Waals surface area contributed by atoms with Gasteiger partial charge in [0.25, 0.3) is 5.91 Å². The van der Waals surface area contributed by atoms with Crippen LogP contribution in [-0.4, -0.2) is 31.7 Å². The van der Waals surface area contributed by atoms with Crippen LogP contribution in [0.2, 0.25) is 0 Å². The summed E-state index contributed by atoms with van der Waals surface area (Å²) in [5, 5.41) is 2.76. The van der Waals surface area contributed by atoms with Crippen LogP contribution in [0.25, 0.3) is 0 Å². The number of nitrogens with zero attached hydrogens (tertiary/aromatic N) is 1. The summed E-state index contributed by atoms with van der Waals surface area (Å²) in [6.45, 7) is 1.47. The minimum Gasteiger partial charge on any atom is -0.348 e. The van der Waals surface area contributed by atoms with Crippen LogP contribution in [0.15, 0.2) is 48.5 Å². The second-order valence-electron chi connectivity index (χ2n) is 6.37. The van der Waals surface area contributed by atoms with Gasteiger partial charge < -0.3 is 5.32 Å². The first-order valence-electron chi connectivity index (χ1n) is 8.53. The average molecular weight is 376 g/mol. The third kappa shape index (κ3) is 4.68. The van der Waals surface area contributed by atoms with E-state index in [9.17, 15) is 17.6 Å². The highest BCUT2D eigenvalue weighted by molar-refractivity contribution is 7.88. The Morgan fingerprint density at radius 2 is 1.54 bits per heavy atom. The Kier molecular flexibility index (Phi) is 5.68. The molecule has 0 spiro atoms. The average Bonchev–Trinajstić information content (AvgIpc) is 3.17. The summed E-state index contributed by atoms with van der Waals surface area (Å²) in [6.07, 6.45) is 1.82. The highest BCUT2D eigenvalue weighted by Gasteiger charge is 2.25. The van der Waals surface area contributed by atoms with Crippen molar-refractivity contribution >= 4 is 15.9 Å². The fourth-order valence-electron chi connectivity index (χ4n) is 2.91. The highest BCUT2D eigenvalue weighted by atomic mass is 32.2. The second-order valence-corrected chi connectivity index (χ2v) is 8.34. The molecule has 1 aliphatic heterocycles. The van der Waals surface area contributed by atoms with Crippen molar-refractivity contribution in [1.82, 2.24) is 9.62 Å². The van der Waals surface area contributed by atoms with E-state index in [1.807, 2.05) is 0 Å². The van der Waals surface area contributed by atoms with Gasteiger partial charge in [-0.15, -0.1) is 0 Å². The number of nitrogens with one attached hydrogen (secondary N) is 1. The van der Waals surface area contributed by atoms with Gasteiger partial charge in [0.2, 0.25) is 10.0 Å². The molecule has 0 aromatic heterocycles. The molecule has 0 atom stereocenters. The largest absolute Gasteiger partial charge is 0.348 e. The first-order valence-corrected chi connectivity index (χ1v) is 10.1. The predicted octanol–water partition coefficient (Wildman–Crippen LogP) is 2.68. The molecule has 1 heterocycles. The molecule has 2 aromatic carbocycles. The van der Waals surface area contributed by atoms with Gasteiger partial charge in [0, 0.05) is 25.2 Å². The minimum atomic E-state index is -3.29. The Labute approximate surface area is 152 Å². The molecule has 1 amide bonds. The first-order chi connectivity index (χ1) is 12.4. The van der Waals surface area contributed by atoms with Crippen molar-refractivity contribution < 1.29 is 17.6 Å². The number of amides is 1. The number of hydrogen-bond acceptors (Lipinski definition) is 3. The van der Waals surface area contributed by atoms with E-state index in [1.165, 1.54) is 16.4 Å². The maximum Gasteiger partial charge on any atom is 0.251 e. The van der Waals surface area contributed by atoms with Gasteiger partial charge in [0.1, 0.15) is 5.82 Å². The van der Waals surface area contributed by atoms with Crippen LogP contribution >= 0.6 is 0 Å². The van der Waals surface area contributed by atoms with Crippen LogP contribution in [-0.2, 0) is 22.3 Å². The van der Waals surface area contributed by atoms with Crippen LogP contribution in [0.4, 0.5) is 4.39 Å². The van der Waals surface area contributed by atoms with Crippen molar-refractivity contribution in [2.45, 2.75) is 25.1 Å². The van der Waals surface area contributed by atoms with Gasteiger partial charge >= 0.3 is 0 Å². The summed E-state index contributed by atoms with van der Waals surface area (Å²) in [5.74, 6) is -0.632. The van der Waals surface area contributed by atoms with Crippen LogP contribution in [0.3, 0.4) is 0 Å². The molecular weight excluding hydrogens is 355 g/mol. The number of benzene rings is 2. The molecule has 26 heavy (non-hydrogen) atoms. The normalized spacial score (nSPS) is 15.1. The van der Waals surface area contributed by atoms with E-state index in [2.05, 4.69) is 5.32 Å². The Morgan fingerprint density at radius 3 is 2.15 bits per heavy atom. The Balaban J connectivity index is 1.58. The SMILES string of the molecule is O=C(NCc1ccc(F)cc1)c1ccc(CS(=O)(=O)N2CCCC2)cc1. The number of hydrogen-bond donors (Lipinski definition) is 1. The van der Waals surface area contributed by atoms with Gasteiger partial charge in [-0.2, -0.15) is 0 Å². The lowest BCUT2D eigenvalue weighted by atomic mass is 10.1. The van der Waals surface area contributed by atoms with Crippen molar-refractivity contribution in [3.63, 3.8) is 0 Å². The lowest BCUT2D eigenvalue weighted by Gasteiger charge is -2.15. The van der Waals surface area contributed by atoms with E-state index < -0.39 is 10.0 Å². The molecule has 2 aromatic rings. The molecule has 0 radical (unpaired) electrons. The smallest absolute Gasteiger partial charge is 0.251 e. The summed E-state index contributed by atoms with van der Waals surface area (Å²) < 4.78 is 39.0.